The van der Waals surface area contributed by atoms with Gasteiger partial charge in [0.1, 0.15) is 17.7 Å². The zero-order valence-electron chi connectivity index (χ0n) is 15.5. The number of carbonyl (C=O) groups excluding carboxylic acids is 1. The van der Waals surface area contributed by atoms with Crippen LogP contribution in [0.1, 0.15) is 43.8 Å². The number of carbonyl (C=O) groups is 1. The maximum absolute atomic E-state index is 12.3. The zero-order valence-corrected chi connectivity index (χ0v) is 15.5. The van der Waals surface area contributed by atoms with Gasteiger partial charge in [-0.15, -0.1) is 0 Å². The molecule has 0 aromatic carbocycles. The SMILES string of the molecule is [B]N(CC(O)c1cnccc1OC)C(=O)Cc1cnc(C(C)(C)C)nc1. The highest BCUT2D eigenvalue weighted by Crippen LogP contribution is 2.24. The predicted molar refractivity (Wildman–Crippen MR) is 97.7 cm³/mol. The Bertz CT molecular complexity index is 747. The molecule has 0 saturated carbocycles. The molecule has 1 unspecified atom stereocenters. The highest BCUT2D eigenvalue weighted by molar-refractivity contribution is 6.14. The van der Waals surface area contributed by atoms with Crippen LogP contribution in [0, 0.1) is 0 Å². The minimum atomic E-state index is -1.01. The van der Waals surface area contributed by atoms with Crippen molar-refractivity contribution in [2.45, 2.75) is 38.7 Å². The average Bonchev–Trinajstić information content (AvgIpc) is 2.61. The molecule has 1 atom stereocenters. The molecule has 136 valence electrons. The quantitative estimate of drug-likeness (QED) is 0.789. The summed E-state index contributed by atoms with van der Waals surface area (Å²) in [4.78, 5) is 25.8. The van der Waals surface area contributed by atoms with Gasteiger partial charge in [0.05, 0.1) is 13.5 Å². The second-order valence-corrected chi connectivity index (χ2v) is 7.02. The molecular weight excluding hydrogens is 331 g/mol. The molecule has 2 heterocycles. The van der Waals surface area contributed by atoms with Crippen molar-refractivity contribution in [2.75, 3.05) is 13.7 Å². The van der Waals surface area contributed by atoms with Gasteiger partial charge in [0, 0.05) is 42.3 Å². The lowest BCUT2D eigenvalue weighted by atomic mass is 9.95. The van der Waals surface area contributed by atoms with Crippen LogP contribution >= 0.6 is 0 Å². The Labute approximate surface area is 154 Å². The van der Waals surface area contributed by atoms with Crippen LogP contribution in [0.15, 0.2) is 30.9 Å². The van der Waals surface area contributed by atoms with Crippen LogP contribution in [0.2, 0.25) is 0 Å². The molecule has 1 amide bonds. The van der Waals surface area contributed by atoms with Crippen molar-refractivity contribution in [3.8, 4) is 5.75 Å². The maximum atomic E-state index is 12.3. The minimum absolute atomic E-state index is 0.0534. The number of ether oxygens (including phenoxy) is 1. The molecule has 2 aromatic rings. The smallest absolute Gasteiger partial charge is 0.230 e. The number of amides is 1. The summed E-state index contributed by atoms with van der Waals surface area (Å²) in [6, 6.07) is 1.63. The number of aromatic nitrogens is 3. The summed E-state index contributed by atoms with van der Waals surface area (Å²) in [5, 5.41) is 10.3. The number of methoxy groups -OCH3 is 1. The van der Waals surface area contributed by atoms with Gasteiger partial charge < -0.3 is 14.7 Å². The third kappa shape index (κ3) is 5.01. The van der Waals surface area contributed by atoms with Crippen molar-refractivity contribution in [3.63, 3.8) is 0 Å². The molecule has 0 aliphatic carbocycles. The summed E-state index contributed by atoms with van der Waals surface area (Å²) in [6.45, 7) is 5.97. The summed E-state index contributed by atoms with van der Waals surface area (Å²) in [7, 11) is 7.31. The summed E-state index contributed by atoms with van der Waals surface area (Å²) in [5.74, 6) is 0.843. The lowest BCUT2D eigenvalue weighted by Gasteiger charge is -2.23. The summed E-state index contributed by atoms with van der Waals surface area (Å²) in [6.07, 6.45) is 5.34. The number of hydrogen-bond donors (Lipinski definition) is 1. The fourth-order valence-corrected chi connectivity index (χ4v) is 2.33. The molecule has 7 nitrogen and oxygen atoms in total. The van der Waals surface area contributed by atoms with Crippen molar-refractivity contribution in [1.82, 2.24) is 19.8 Å². The van der Waals surface area contributed by atoms with Crippen LogP contribution in [-0.2, 0) is 16.6 Å². The van der Waals surface area contributed by atoms with E-state index in [-0.39, 0.29) is 24.3 Å². The van der Waals surface area contributed by atoms with Gasteiger partial charge in [-0.1, -0.05) is 20.8 Å². The van der Waals surface area contributed by atoms with Gasteiger partial charge in [-0.2, -0.15) is 0 Å². The summed E-state index contributed by atoms with van der Waals surface area (Å²) >= 11 is 0. The van der Waals surface area contributed by atoms with Crippen LogP contribution in [-0.4, -0.2) is 52.4 Å². The van der Waals surface area contributed by atoms with Gasteiger partial charge in [0.2, 0.25) is 13.9 Å². The van der Waals surface area contributed by atoms with Crippen molar-refractivity contribution in [2.24, 2.45) is 0 Å². The van der Waals surface area contributed by atoms with Gasteiger partial charge in [0.15, 0.2) is 0 Å². The fourth-order valence-electron chi connectivity index (χ4n) is 2.33. The lowest BCUT2D eigenvalue weighted by Crippen LogP contribution is -2.33. The van der Waals surface area contributed by atoms with Crippen LogP contribution in [0.5, 0.6) is 5.75 Å². The monoisotopic (exact) mass is 354 g/mol. The minimum Gasteiger partial charge on any atom is -0.496 e. The standard InChI is InChI=1S/C18H23BN4O3/c1-18(2,3)17-21-8-12(9-22-17)7-16(25)23(19)11-14(24)13-10-20-6-5-15(13)26-4/h5-6,8-10,14,24H,7,11H2,1-4H3. The van der Waals surface area contributed by atoms with Crippen molar-refractivity contribution >= 4 is 13.9 Å². The number of nitrogens with zero attached hydrogens (tertiary/aromatic N) is 4. The molecule has 0 fully saturated rings. The van der Waals surface area contributed by atoms with Crippen LogP contribution in [0.25, 0.3) is 0 Å². The molecule has 0 saturated heterocycles. The second-order valence-electron chi connectivity index (χ2n) is 7.02. The van der Waals surface area contributed by atoms with E-state index in [2.05, 4.69) is 15.0 Å². The topological polar surface area (TPSA) is 88.4 Å². The van der Waals surface area contributed by atoms with E-state index < -0.39 is 6.10 Å². The number of hydrogen-bond acceptors (Lipinski definition) is 6. The lowest BCUT2D eigenvalue weighted by molar-refractivity contribution is -0.126. The van der Waals surface area contributed by atoms with Gasteiger partial charge in [-0.25, -0.2) is 9.97 Å². The van der Waals surface area contributed by atoms with Crippen molar-refractivity contribution in [1.29, 1.82) is 0 Å². The molecule has 2 aromatic heterocycles. The third-order valence-electron chi connectivity index (χ3n) is 3.81. The number of pyridine rings is 1. The van der Waals surface area contributed by atoms with Gasteiger partial charge in [0.25, 0.3) is 0 Å². The molecule has 0 spiro atoms. The molecule has 8 heteroatoms. The summed E-state index contributed by atoms with van der Waals surface area (Å²) < 4.78 is 5.18. The van der Waals surface area contributed by atoms with E-state index in [0.29, 0.717) is 22.7 Å². The summed E-state index contributed by atoms with van der Waals surface area (Å²) in [5.41, 5.74) is 0.970. The van der Waals surface area contributed by atoms with E-state index in [0.717, 1.165) is 4.81 Å². The van der Waals surface area contributed by atoms with E-state index in [9.17, 15) is 9.90 Å². The predicted octanol–water partition coefficient (Wildman–Crippen LogP) is 1.37. The first-order valence-corrected chi connectivity index (χ1v) is 8.24. The molecule has 0 aliphatic rings. The number of aliphatic hydroxyl groups excluding tert-OH is 1. The fraction of sp³-hybridized carbons (Fsp3) is 0.444. The van der Waals surface area contributed by atoms with Crippen molar-refractivity contribution < 1.29 is 14.6 Å². The Kier molecular flexibility index (Phi) is 6.31. The van der Waals surface area contributed by atoms with E-state index in [1.165, 1.54) is 13.3 Å². The highest BCUT2D eigenvalue weighted by atomic mass is 16.5. The molecule has 0 aliphatic heterocycles. The Morgan fingerprint density at radius 3 is 2.54 bits per heavy atom. The average molecular weight is 354 g/mol. The zero-order chi connectivity index (χ0) is 19.3. The Morgan fingerprint density at radius 2 is 1.96 bits per heavy atom. The Hall–Kier alpha value is -2.48. The Morgan fingerprint density at radius 1 is 1.31 bits per heavy atom. The molecule has 2 radical (unpaired) electrons. The van der Waals surface area contributed by atoms with Crippen LogP contribution in [0.3, 0.4) is 0 Å². The van der Waals surface area contributed by atoms with E-state index in [4.69, 9.17) is 12.7 Å². The molecule has 26 heavy (non-hydrogen) atoms. The molecule has 1 N–H and O–H groups in total. The third-order valence-corrected chi connectivity index (χ3v) is 3.81. The van der Waals surface area contributed by atoms with Gasteiger partial charge >= 0.3 is 0 Å². The second kappa shape index (κ2) is 8.27. The first kappa shape index (κ1) is 19.8. The highest BCUT2D eigenvalue weighted by Gasteiger charge is 2.20. The molecule has 2 rings (SSSR count). The van der Waals surface area contributed by atoms with Crippen LogP contribution in [0.4, 0.5) is 0 Å². The Balaban J connectivity index is 1.99. The van der Waals surface area contributed by atoms with Gasteiger partial charge in [-0.3, -0.25) is 9.78 Å². The van der Waals surface area contributed by atoms with Gasteiger partial charge in [-0.05, 0) is 11.6 Å². The van der Waals surface area contributed by atoms with E-state index in [1.807, 2.05) is 20.8 Å². The van der Waals surface area contributed by atoms with E-state index in [1.54, 1.807) is 24.7 Å². The van der Waals surface area contributed by atoms with Crippen molar-refractivity contribution in [3.05, 3.63) is 47.8 Å². The number of aliphatic hydroxyl groups is 1. The molecule has 0 bridgehead atoms. The largest absolute Gasteiger partial charge is 0.496 e. The van der Waals surface area contributed by atoms with Crippen LogP contribution < -0.4 is 4.74 Å². The first-order valence-electron chi connectivity index (χ1n) is 8.24. The van der Waals surface area contributed by atoms with E-state index >= 15 is 0 Å². The number of rotatable bonds is 6. The normalized spacial score (nSPS) is 12.5. The maximum Gasteiger partial charge on any atom is 0.230 e. The molecular formula is C18H23BN4O3. The first-order chi connectivity index (χ1) is 12.2.